The zero-order chi connectivity index (χ0) is 12.8. The highest BCUT2D eigenvalue weighted by molar-refractivity contribution is 7.80. The molecule has 0 amide bonds. The standard InChI is InChI=1S/C11H16N2O2S2/c1-4-6-13(2)11(16)12-8-5-7-17-9(8)10(14)15-3/h5,7H,4,6H2,1-3H3,(H,12,16). The van der Waals surface area contributed by atoms with Crippen molar-refractivity contribution in [2.75, 3.05) is 26.0 Å². The maximum Gasteiger partial charge on any atom is 0.350 e. The molecule has 0 aliphatic carbocycles. The largest absolute Gasteiger partial charge is 0.465 e. The van der Waals surface area contributed by atoms with Gasteiger partial charge in [-0.2, -0.15) is 0 Å². The van der Waals surface area contributed by atoms with Crippen molar-refractivity contribution in [1.29, 1.82) is 0 Å². The minimum Gasteiger partial charge on any atom is -0.465 e. The van der Waals surface area contributed by atoms with Crippen LogP contribution in [0.3, 0.4) is 0 Å². The number of rotatable bonds is 4. The molecule has 0 aliphatic rings. The van der Waals surface area contributed by atoms with Gasteiger partial charge in [0.1, 0.15) is 4.88 Å². The number of anilines is 1. The van der Waals surface area contributed by atoms with Gasteiger partial charge < -0.3 is 15.0 Å². The van der Waals surface area contributed by atoms with Gasteiger partial charge in [-0.15, -0.1) is 11.3 Å². The van der Waals surface area contributed by atoms with E-state index < -0.39 is 0 Å². The lowest BCUT2D eigenvalue weighted by atomic mass is 10.4. The summed E-state index contributed by atoms with van der Waals surface area (Å²) in [5, 5.41) is 5.49. The van der Waals surface area contributed by atoms with Crippen molar-refractivity contribution in [2.24, 2.45) is 0 Å². The molecule has 1 N–H and O–H groups in total. The number of carbonyl (C=O) groups excluding carboxylic acids is 1. The highest BCUT2D eigenvalue weighted by atomic mass is 32.1. The molecule has 6 heteroatoms. The molecule has 1 aromatic rings. The van der Waals surface area contributed by atoms with Crippen LogP contribution in [0, 0.1) is 0 Å². The quantitative estimate of drug-likeness (QED) is 0.674. The molecule has 17 heavy (non-hydrogen) atoms. The summed E-state index contributed by atoms with van der Waals surface area (Å²) < 4.78 is 4.70. The van der Waals surface area contributed by atoms with Gasteiger partial charge in [0, 0.05) is 13.6 Å². The molecule has 0 saturated heterocycles. The number of nitrogens with zero attached hydrogens (tertiary/aromatic N) is 1. The van der Waals surface area contributed by atoms with Gasteiger partial charge in [-0.05, 0) is 30.1 Å². The average molecular weight is 272 g/mol. The summed E-state index contributed by atoms with van der Waals surface area (Å²) in [4.78, 5) is 13.9. The zero-order valence-electron chi connectivity index (χ0n) is 10.1. The molecular weight excluding hydrogens is 256 g/mol. The highest BCUT2D eigenvalue weighted by Gasteiger charge is 2.15. The Balaban J connectivity index is 2.72. The first-order chi connectivity index (χ1) is 8.10. The Kier molecular flexibility index (Phi) is 5.37. The predicted octanol–water partition coefficient (Wildman–Crippen LogP) is 2.57. The average Bonchev–Trinajstić information content (AvgIpc) is 2.76. The van der Waals surface area contributed by atoms with Crippen LogP contribution in [-0.2, 0) is 4.74 Å². The van der Waals surface area contributed by atoms with Gasteiger partial charge in [0.2, 0.25) is 0 Å². The maximum atomic E-state index is 11.5. The molecule has 0 atom stereocenters. The van der Waals surface area contributed by atoms with Crippen molar-refractivity contribution in [3.05, 3.63) is 16.3 Å². The van der Waals surface area contributed by atoms with Crippen molar-refractivity contribution in [3.63, 3.8) is 0 Å². The summed E-state index contributed by atoms with van der Waals surface area (Å²) in [6.07, 6.45) is 1.02. The summed E-state index contributed by atoms with van der Waals surface area (Å²) in [7, 11) is 3.29. The number of hydrogen-bond donors (Lipinski definition) is 1. The molecule has 0 aliphatic heterocycles. The first-order valence-corrected chi connectivity index (χ1v) is 6.56. The van der Waals surface area contributed by atoms with Crippen molar-refractivity contribution in [1.82, 2.24) is 4.90 Å². The third kappa shape index (κ3) is 3.67. The van der Waals surface area contributed by atoms with E-state index >= 15 is 0 Å². The Morgan fingerprint density at radius 3 is 2.94 bits per heavy atom. The number of esters is 1. The van der Waals surface area contributed by atoms with Crippen LogP contribution in [0.25, 0.3) is 0 Å². The lowest BCUT2D eigenvalue weighted by Crippen LogP contribution is -2.31. The predicted molar refractivity (Wildman–Crippen MR) is 74.8 cm³/mol. The van der Waals surface area contributed by atoms with Crippen LogP contribution in [0.5, 0.6) is 0 Å². The summed E-state index contributed by atoms with van der Waals surface area (Å²) in [5.74, 6) is -0.344. The number of ether oxygens (including phenoxy) is 1. The molecule has 0 radical (unpaired) electrons. The summed E-state index contributed by atoms with van der Waals surface area (Å²) in [6, 6.07) is 1.82. The molecule has 1 aromatic heterocycles. The van der Waals surface area contributed by atoms with E-state index in [9.17, 15) is 4.79 Å². The van der Waals surface area contributed by atoms with E-state index in [0.29, 0.717) is 15.7 Å². The van der Waals surface area contributed by atoms with E-state index in [1.165, 1.54) is 18.4 Å². The molecule has 0 unspecified atom stereocenters. The van der Waals surface area contributed by atoms with Gasteiger partial charge in [0.15, 0.2) is 5.11 Å². The minimum atomic E-state index is -0.344. The first-order valence-electron chi connectivity index (χ1n) is 5.28. The third-order valence-electron chi connectivity index (χ3n) is 2.18. The molecule has 0 aromatic carbocycles. The fourth-order valence-electron chi connectivity index (χ4n) is 1.31. The normalized spacial score (nSPS) is 9.82. The van der Waals surface area contributed by atoms with Gasteiger partial charge in [0.25, 0.3) is 0 Å². The second-order valence-electron chi connectivity index (χ2n) is 3.51. The van der Waals surface area contributed by atoms with Crippen molar-refractivity contribution < 1.29 is 9.53 Å². The Bertz CT molecular complexity index is 404. The monoisotopic (exact) mass is 272 g/mol. The van der Waals surface area contributed by atoms with E-state index in [-0.39, 0.29) is 5.97 Å². The lowest BCUT2D eigenvalue weighted by Gasteiger charge is -2.20. The Labute approximate surface area is 111 Å². The molecule has 0 bridgehead atoms. The maximum absolute atomic E-state index is 11.5. The number of thiophene rings is 1. The van der Waals surface area contributed by atoms with E-state index in [1.807, 2.05) is 23.4 Å². The third-order valence-corrected chi connectivity index (χ3v) is 3.49. The molecular formula is C11H16N2O2S2. The fourth-order valence-corrected chi connectivity index (χ4v) is 2.27. The summed E-state index contributed by atoms with van der Waals surface area (Å²) in [6.45, 7) is 2.97. The van der Waals surface area contributed by atoms with E-state index in [2.05, 4.69) is 12.2 Å². The van der Waals surface area contributed by atoms with Gasteiger partial charge in [-0.25, -0.2) is 4.79 Å². The zero-order valence-corrected chi connectivity index (χ0v) is 11.8. The first kappa shape index (κ1) is 13.9. The van der Waals surface area contributed by atoms with Gasteiger partial charge in [-0.1, -0.05) is 6.92 Å². The van der Waals surface area contributed by atoms with Crippen LogP contribution < -0.4 is 5.32 Å². The number of thiocarbonyl (C=S) groups is 1. The SMILES string of the molecule is CCCN(C)C(=S)Nc1ccsc1C(=O)OC. The van der Waals surface area contributed by atoms with Crippen LogP contribution in [0.2, 0.25) is 0 Å². The Hall–Kier alpha value is -1.14. The van der Waals surface area contributed by atoms with Gasteiger partial charge in [-0.3, -0.25) is 0 Å². The Morgan fingerprint density at radius 1 is 1.65 bits per heavy atom. The fraction of sp³-hybridized carbons (Fsp3) is 0.455. The highest BCUT2D eigenvalue weighted by Crippen LogP contribution is 2.23. The summed E-state index contributed by atoms with van der Waals surface area (Å²) >= 11 is 6.57. The smallest absolute Gasteiger partial charge is 0.350 e. The topological polar surface area (TPSA) is 41.6 Å². The number of carbonyl (C=O) groups is 1. The van der Waals surface area contributed by atoms with Crippen LogP contribution in [0.4, 0.5) is 5.69 Å². The number of hydrogen-bond acceptors (Lipinski definition) is 4. The summed E-state index contributed by atoms with van der Waals surface area (Å²) in [5.41, 5.74) is 0.704. The van der Waals surface area contributed by atoms with Crippen LogP contribution in [0.15, 0.2) is 11.4 Å². The number of nitrogens with one attached hydrogen (secondary N) is 1. The van der Waals surface area contributed by atoms with Crippen molar-refractivity contribution >= 4 is 40.3 Å². The van der Waals surface area contributed by atoms with Crippen molar-refractivity contribution in [2.45, 2.75) is 13.3 Å². The van der Waals surface area contributed by atoms with Crippen LogP contribution >= 0.6 is 23.6 Å². The lowest BCUT2D eigenvalue weighted by molar-refractivity contribution is 0.0607. The molecule has 94 valence electrons. The second kappa shape index (κ2) is 6.56. The van der Waals surface area contributed by atoms with E-state index in [4.69, 9.17) is 17.0 Å². The Morgan fingerprint density at radius 2 is 2.35 bits per heavy atom. The number of methoxy groups -OCH3 is 1. The molecule has 0 saturated carbocycles. The van der Waals surface area contributed by atoms with Gasteiger partial charge in [0.05, 0.1) is 12.8 Å². The van der Waals surface area contributed by atoms with Crippen LogP contribution in [0.1, 0.15) is 23.0 Å². The van der Waals surface area contributed by atoms with Gasteiger partial charge >= 0.3 is 5.97 Å². The minimum absolute atomic E-state index is 0.344. The molecule has 0 fully saturated rings. The van der Waals surface area contributed by atoms with Crippen LogP contribution in [-0.4, -0.2) is 36.7 Å². The molecule has 4 nitrogen and oxygen atoms in total. The molecule has 0 spiro atoms. The molecule has 1 rings (SSSR count). The van der Waals surface area contributed by atoms with E-state index in [0.717, 1.165) is 13.0 Å². The molecule has 1 heterocycles. The van der Waals surface area contributed by atoms with Crippen molar-refractivity contribution in [3.8, 4) is 0 Å². The van der Waals surface area contributed by atoms with E-state index in [1.54, 1.807) is 0 Å². The second-order valence-corrected chi connectivity index (χ2v) is 4.81.